The number of aliphatic imine (C=N–C) groups is 2. The Morgan fingerprint density at radius 2 is 1.41 bits per heavy atom. The molecule has 0 unspecified atom stereocenters. The second-order valence-electron chi connectivity index (χ2n) is 8.73. The summed E-state index contributed by atoms with van der Waals surface area (Å²) >= 11 is 0. The van der Waals surface area contributed by atoms with Gasteiger partial charge in [0.05, 0.1) is 23.8 Å². The number of amidine groups is 1. The number of amides is 1. The highest BCUT2D eigenvalue weighted by atomic mass is 16.2. The summed E-state index contributed by atoms with van der Waals surface area (Å²) in [5.74, 6) is 0.387. The van der Waals surface area contributed by atoms with Crippen LogP contribution >= 0.6 is 0 Å². The molecular weight excluding hydrogens is 422 g/mol. The molecule has 6 heteroatoms. The quantitative estimate of drug-likeness (QED) is 0.633. The molecular formula is C28H29N5O. The number of carbonyl (C=O) groups excluding carboxylic acids is 1. The molecule has 5 rings (SSSR count). The lowest BCUT2D eigenvalue weighted by molar-refractivity contribution is -0.120. The monoisotopic (exact) mass is 451 g/mol. The first-order valence-corrected chi connectivity index (χ1v) is 11.8. The van der Waals surface area contributed by atoms with Gasteiger partial charge in [0, 0.05) is 37.6 Å². The van der Waals surface area contributed by atoms with Gasteiger partial charge in [-0.05, 0) is 36.8 Å². The number of fused-ring (bicyclic) bond motifs is 1. The second-order valence-corrected chi connectivity index (χ2v) is 8.73. The molecule has 3 aromatic carbocycles. The molecule has 1 saturated heterocycles. The number of hydrogen-bond acceptors (Lipinski definition) is 5. The first-order valence-electron chi connectivity index (χ1n) is 11.8. The Morgan fingerprint density at radius 1 is 0.824 bits per heavy atom. The van der Waals surface area contributed by atoms with Crippen LogP contribution in [-0.4, -0.2) is 55.1 Å². The fourth-order valence-corrected chi connectivity index (χ4v) is 4.63. The van der Waals surface area contributed by atoms with E-state index in [0.29, 0.717) is 12.4 Å². The molecule has 2 heterocycles. The molecule has 0 radical (unpaired) electrons. The van der Waals surface area contributed by atoms with Crippen LogP contribution in [0, 0.1) is 0 Å². The predicted octanol–water partition coefficient (Wildman–Crippen LogP) is 4.54. The van der Waals surface area contributed by atoms with Gasteiger partial charge in [0.25, 0.3) is 0 Å². The highest BCUT2D eigenvalue weighted by Crippen LogP contribution is 2.34. The highest BCUT2D eigenvalue weighted by molar-refractivity contribution is 6.17. The van der Waals surface area contributed by atoms with E-state index >= 15 is 0 Å². The van der Waals surface area contributed by atoms with E-state index in [1.54, 1.807) is 0 Å². The van der Waals surface area contributed by atoms with Crippen molar-refractivity contribution in [3.05, 3.63) is 90.5 Å². The van der Waals surface area contributed by atoms with Crippen LogP contribution in [0.3, 0.4) is 0 Å². The predicted molar refractivity (Wildman–Crippen MR) is 139 cm³/mol. The fraction of sp³-hybridized carbons (Fsp3) is 0.250. The third-order valence-corrected chi connectivity index (χ3v) is 6.37. The molecule has 0 aromatic heterocycles. The summed E-state index contributed by atoms with van der Waals surface area (Å²) in [5, 5.41) is 3.14. The number of nitrogens with one attached hydrogen (secondary N) is 1. The largest absolute Gasteiger partial charge is 0.369 e. The van der Waals surface area contributed by atoms with Crippen LogP contribution in [0.5, 0.6) is 0 Å². The van der Waals surface area contributed by atoms with Crippen molar-refractivity contribution in [3.63, 3.8) is 0 Å². The van der Waals surface area contributed by atoms with Crippen LogP contribution in [-0.2, 0) is 4.79 Å². The van der Waals surface area contributed by atoms with Crippen molar-refractivity contribution in [2.75, 3.05) is 37.6 Å². The van der Waals surface area contributed by atoms with Gasteiger partial charge in [0.1, 0.15) is 5.84 Å². The van der Waals surface area contributed by atoms with E-state index in [1.807, 2.05) is 55.5 Å². The van der Waals surface area contributed by atoms with Gasteiger partial charge in [0.2, 0.25) is 5.91 Å². The Kier molecular flexibility index (Phi) is 6.49. The average molecular weight is 452 g/mol. The zero-order valence-electron chi connectivity index (χ0n) is 19.4. The molecule has 3 aromatic rings. The van der Waals surface area contributed by atoms with Crippen LogP contribution in [0.25, 0.3) is 0 Å². The maximum Gasteiger partial charge on any atom is 0.239 e. The number of nitrogens with zero attached hydrogens (tertiary/aromatic N) is 4. The summed E-state index contributed by atoms with van der Waals surface area (Å²) in [6, 6.07) is 28.4. The smallest absolute Gasteiger partial charge is 0.239 e. The summed E-state index contributed by atoms with van der Waals surface area (Å²) in [7, 11) is 0. The molecule has 1 atom stereocenters. The molecule has 0 saturated carbocycles. The molecule has 1 fully saturated rings. The number of hydrogen-bond donors (Lipinski definition) is 1. The molecule has 172 valence electrons. The van der Waals surface area contributed by atoms with Gasteiger partial charge in [0.15, 0.2) is 0 Å². The van der Waals surface area contributed by atoms with E-state index < -0.39 is 0 Å². The third kappa shape index (κ3) is 4.92. The zero-order chi connectivity index (χ0) is 23.3. The summed E-state index contributed by atoms with van der Waals surface area (Å²) in [6.45, 7) is 5.86. The number of anilines is 1. The normalized spacial score (nSPS) is 18.4. The van der Waals surface area contributed by atoms with Crippen molar-refractivity contribution < 1.29 is 4.79 Å². The van der Waals surface area contributed by atoms with Gasteiger partial charge in [-0.1, -0.05) is 60.7 Å². The lowest BCUT2D eigenvalue weighted by Gasteiger charge is -2.35. The zero-order valence-corrected chi connectivity index (χ0v) is 19.4. The van der Waals surface area contributed by atoms with Gasteiger partial charge in [-0.25, -0.2) is 4.99 Å². The van der Waals surface area contributed by atoms with E-state index in [0.717, 1.165) is 48.8 Å². The molecule has 1 amide bonds. The molecule has 0 aliphatic carbocycles. The Morgan fingerprint density at radius 3 is 2.09 bits per heavy atom. The lowest BCUT2D eigenvalue weighted by atomic mass is 9.93. The van der Waals surface area contributed by atoms with Crippen LogP contribution < -0.4 is 10.2 Å². The standard InChI is InChI=1S/C28H29N5O/c1-21-27(22-10-4-2-5-11-22)28(30-25-15-9-8-14-24(25)29-21)31-26(34)20-32-16-18-33(19-17-32)23-12-6-3-7-13-23/h2-15,27H,16-20H2,1H3,(H,30,31,34)/t27-/m1/s1. The first-order chi connectivity index (χ1) is 16.7. The fourth-order valence-electron chi connectivity index (χ4n) is 4.63. The van der Waals surface area contributed by atoms with E-state index in [2.05, 4.69) is 51.5 Å². The molecule has 6 nitrogen and oxygen atoms in total. The second kappa shape index (κ2) is 10.0. The van der Waals surface area contributed by atoms with Crippen LogP contribution in [0.4, 0.5) is 17.1 Å². The Balaban J connectivity index is 1.31. The molecule has 2 aliphatic heterocycles. The van der Waals surface area contributed by atoms with E-state index in [1.165, 1.54) is 5.69 Å². The number of piperazine rings is 1. The Hall–Kier alpha value is -3.77. The van der Waals surface area contributed by atoms with Crippen molar-refractivity contribution in [1.82, 2.24) is 10.2 Å². The topological polar surface area (TPSA) is 60.3 Å². The van der Waals surface area contributed by atoms with Crippen LogP contribution in [0.15, 0.2) is 94.9 Å². The van der Waals surface area contributed by atoms with Crippen molar-refractivity contribution in [2.24, 2.45) is 9.98 Å². The van der Waals surface area contributed by atoms with E-state index in [9.17, 15) is 4.79 Å². The summed E-state index contributed by atoms with van der Waals surface area (Å²) in [5.41, 5.74) is 4.80. The molecule has 34 heavy (non-hydrogen) atoms. The molecule has 0 bridgehead atoms. The number of rotatable bonds is 4. The maximum absolute atomic E-state index is 13.2. The number of carbonyl (C=O) groups is 1. The van der Waals surface area contributed by atoms with E-state index in [4.69, 9.17) is 9.98 Å². The molecule has 2 aliphatic rings. The molecule has 0 spiro atoms. The van der Waals surface area contributed by atoms with Crippen molar-refractivity contribution in [3.8, 4) is 0 Å². The van der Waals surface area contributed by atoms with Crippen LogP contribution in [0.2, 0.25) is 0 Å². The molecule has 1 N–H and O–H groups in total. The van der Waals surface area contributed by atoms with Crippen molar-refractivity contribution in [2.45, 2.75) is 12.8 Å². The minimum Gasteiger partial charge on any atom is -0.369 e. The van der Waals surface area contributed by atoms with Gasteiger partial charge < -0.3 is 10.2 Å². The Labute approximate surface area is 200 Å². The SMILES string of the molecule is CC1=Nc2ccccc2N=C(NC(=O)CN2CCN(c3ccccc3)CC2)[C@H]1c1ccccc1. The van der Waals surface area contributed by atoms with E-state index in [-0.39, 0.29) is 11.8 Å². The number of benzene rings is 3. The number of para-hydroxylation sites is 3. The summed E-state index contributed by atoms with van der Waals surface area (Å²) in [4.78, 5) is 27.4. The van der Waals surface area contributed by atoms with Crippen LogP contribution in [0.1, 0.15) is 18.4 Å². The third-order valence-electron chi connectivity index (χ3n) is 6.37. The van der Waals surface area contributed by atoms with Gasteiger partial charge in [-0.3, -0.25) is 14.7 Å². The van der Waals surface area contributed by atoms with Gasteiger partial charge in [-0.15, -0.1) is 0 Å². The summed E-state index contributed by atoms with van der Waals surface area (Å²) in [6.07, 6.45) is 0. The minimum atomic E-state index is -0.201. The summed E-state index contributed by atoms with van der Waals surface area (Å²) < 4.78 is 0. The lowest BCUT2D eigenvalue weighted by Crippen LogP contribution is -2.50. The van der Waals surface area contributed by atoms with Gasteiger partial charge >= 0.3 is 0 Å². The maximum atomic E-state index is 13.2. The van der Waals surface area contributed by atoms with Gasteiger partial charge in [-0.2, -0.15) is 0 Å². The Bertz CT molecular complexity index is 1200. The first kappa shape index (κ1) is 22.0. The van der Waals surface area contributed by atoms with Crippen molar-refractivity contribution >= 4 is 34.5 Å². The highest BCUT2D eigenvalue weighted by Gasteiger charge is 2.27. The average Bonchev–Trinajstić information content (AvgIpc) is 3.00. The minimum absolute atomic E-state index is 0.0416. The van der Waals surface area contributed by atoms with Crippen molar-refractivity contribution in [1.29, 1.82) is 0 Å².